The zero-order valence-electron chi connectivity index (χ0n) is 10.7. The van der Waals surface area contributed by atoms with Crippen LogP contribution in [0.2, 0.25) is 0 Å². The second-order valence-corrected chi connectivity index (χ2v) is 5.08. The van der Waals surface area contributed by atoms with Crippen molar-refractivity contribution in [3.8, 4) is 28.8 Å². The largest absolute Gasteiger partial charge is 0.253 e. The van der Waals surface area contributed by atoms with E-state index in [-0.39, 0.29) is 5.69 Å². The molecule has 0 aliphatic carbocycles. The minimum Gasteiger partial charge on any atom is -0.253 e. The zero-order chi connectivity index (χ0) is 14.7. The first-order chi connectivity index (χ1) is 10.3. The second kappa shape index (κ2) is 5.77. The van der Waals surface area contributed by atoms with Crippen molar-refractivity contribution in [2.24, 2.45) is 0 Å². The normalized spacial score (nSPS) is 10.1. The molecule has 6 heteroatoms. The molecule has 3 rings (SSSR count). The van der Waals surface area contributed by atoms with Gasteiger partial charge >= 0.3 is 0 Å². The summed E-state index contributed by atoms with van der Waals surface area (Å²) in [6.45, 7) is 0. The first kappa shape index (κ1) is 13.3. The van der Waals surface area contributed by atoms with Crippen molar-refractivity contribution in [3.63, 3.8) is 0 Å². The predicted octanol–water partition coefficient (Wildman–Crippen LogP) is 3.23. The predicted molar refractivity (Wildman–Crippen MR) is 80.9 cm³/mol. The quantitative estimate of drug-likeness (QED) is 0.717. The van der Waals surface area contributed by atoms with Gasteiger partial charge in [-0.1, -0.05) is 34.1 Å². The topological polar surface area (TPSA) is 75.3 Å². The third-order valence-corrected chi connectivity index (χ3v) is 3.33. The molecule has 0 N–H and O–H groups in total. The number of hydrogen-bond donors (Lipinski definition) is 0. The van der Waals surface area contributed by atoms with Crippen LogP contribution in [0.25, 0.3) is 22.8 Å². The molecule has 0 aliphatic heterocycles. The van der Waals surface area contributed by atoms with Crippen molar-refractivity contribution in [1.82, 2.24) is 20.2 Å². The molecular weight excluding hydrogens is 330 g/mol. The summed E-state index contributed by atoms with van der Waals surface area (Å²) < 4.78 is 0.954. The van der Waals surface area contributed by atoms with Gasteiger partial charge in [0.25, 0.3) is 0 Å². The molecule has 0 radical (unpaired) electrons. The number of rotatable bonds is 2. The monoisotopic (exact) mass is 337 g/mol. The van der Waals surface area contributed by atoms with Crippen molar-refractivity contribution in [1.29, 1.82) is 5.26 Å². The number of benzene rings is 1. The van der Waals surface area contributed by atoms with E-state index in [4.69, 9.17) is 0 Å². The van der Waals surface area contributed by atoms with E-state index in [0.717, 1.165) is 10.0 Å². The summed E-state index contributed by atoms with van der Waals surface area (Å²) in [5, 5.41) is 17.5. The van der Waals surface area contributed by atoms with Gasteiger partial charge in [0.2, 0.25) is 5.82 Å². The Hall–Kier alpha value is -2.65. The molecular formula is C15H8BrN5. The highest BCUT2D eigenvalue weighted by Gasteiger charge is 2.12. The standard InChI is InChI=1S/C15H8BrN5/c16-11-6-4-10(5-7-11)14-13(9-17)19-15(21-20-14)12-3-1-2-8-18-12/h1-8H. The molecule has 0 spiro atoms. The smallest absolute Gasteiger partial charge is 0.201 e. The lowest BCUT2D eigenvalue weighted by atomic mass is 10.1. The van der Waals surface area contributed by atoms with E-state index in [1.165, 1.54) is 0 Å². The minimum atomic E-state index is 0.230. The molecule has 100 valence electrons. The van der Waals surface area contributed by atoms with E-state index in [1.807, 2.05) is 30.3 Å². The van der Waals surface area contributed by atoms with Gasteiger partial charge in [0.05, 0.1) is 0 Å². The lowest BCUT2D eigenvalue weighted by molar-refractivity contribution is 0.966. The summed E-state index contributed by atoms with van der Waals surface area (Å²) in [4.78, 5) is 8.41. The number of aromatic nitrogens is 4. The maximum absolute atomic E-state index is 9.30. The fraction of sp³-hybridized carbons (Fsp3) is 0. The van der Waals surface area contributed by atoms with E-state index in [0.29, 0.717) is 17.2 Å². The van der Waals surface area contributed by atoms with Gasteiger partial charge < -0.3 is 0 Å². The molecule has 1 aromatic carbocycles. The molecule has 3 aromatic rings. The SMILES string of the molecule is N#Cc1nc(-c2ccccn2)nnc1-c1ccc(Br)cc1. The fourth-order valence-corrected chi connectivity index (χ4v) is 2.07. The van der Waals surface area contributed by atoms with Crippen LogP contribution < -0.4 is 0 Å². The highest BCUT2D eigenvalue weighted by molar-refractivity contribution is 9.10. The number of pyridine rings is 1. The Morgan fingerprint density at radius 1 is 1.00 bits per heavy atom. The van der Waals surface area contributed by atoms with Crippen LogP contribution in [0.3, 0.4) is 0 Å². The Morgan fingerprint density at radius 3 is 2.48 bits per heavy atom. The third-order valence-electron chi connectivity index (χ3n) is 2.80. The van der Waals surface area contributed by atoms with E-state index >= 15 is 0 Å². The zero-order valence-corrected chi connectivity index (χ0v) is 12.3. The summed E-state index contributed by atoms with van der Waals surface area (Å²) in [7, 11) is 0. The van der Waals surface area contributed by atoms with Crippen LogP contribution in [0.15, 0.2) is 53.1 Å². The van der Waals surface area contributed by atoms with Crippen molar-refractivity contribution in [3.05, 3.63) is 58.8 Å². The van der Waals surface area contributed by atoms with E-state index in [1.54, 1.807) is 18.3 Å². The van der Waals surface area contributed by atoms with Gasteiger partial charge in [-0.2, -0.15) is 5.26 Å². The number of halogens is 1. The summed E-state index contributed by atoms with van der Waals surface area (Å²) >= 11 is 3.37. The molecule has 0 saturated heterocycles. The van der Waals surface area contributed by atoms with Crippen LogP contribution in [0.4, 0.5) is 0 Å². The third kappa shape index (κ3) is 2.78. The number of nitriles is 1. The van der Waals surface area contributed by atoms with Gasteiger partial charge in [-0.05, 0) is 24.3 Å². The molecule has 0 bridgehead atoms. The summed E-state index contributed by atoms with van der Waals surface area (Å²) in [6.07, 6.45) is 1.65. The van der Waals surface area contributed by atoms with E-state index in [9.17, 15) is 5.26 Å². The summed E-state index contributed by atoms with van der Waals surface area (Å²) in [5.41, 5.74) is 2.07. The van der Waals surface area contributed by atoms with Gasteiger partial charge in [0, 0.05) is 16.2 Å². The molecule has 0 saturated carbocycles. The Labute approximate surface area is 129 Å². The molecule has 2 aromatic heterocycles. The summed E-state index contributed by atoms with van der Waals surface area (Å²) in [5.74, 6) is 0.341. The van der Waals surface area contributed by atoms with E-state index in [2.05, 4.69) is 42.2 Å². The molecule has 5 nitrogen and oxygen atoms in total. The number of nitrogens with zero attached hydrogens (tertiary/aromatic N) is 5. The Balaban J connectivity index is 2.08. The van der Waals surface area contributed by atoms with E-state index < -0.39 is 0 Å². The first-order valence-electron chi connectivity index (χ1n) is 6.10. The minimum absolute atomic E-state index is 0.230. The Morgan fingerprint density at radius 2 is 1.81 bits per heavy atom. The lowest BCUT2D eigenvalue weighted by Crippen LogP contribution is -2.01. The van der Waals surface area contributed by atoms with Gasteiger partial charge in [-0.3, -0.25) is 4.98 Å². The highest BCUT2D eigenvalue weighted by atomic mass is 79.9. The van der Waals surface area contributed by atoms with Crippen molar-refractivity contribution >= 4 is 15.9 Å². The molecule has 0 fully saturated rings. The highest BCUT2D eigenvalue weighted by Crippen LogP contribution is 2.22. The molecule has 0 amide bonds. The van der Waals surface area contributed by atoms with Crippen molar-refractivity contribution < 1.29 is 0 Å². The average molecular weight is 338 g/mol. The second-order valence-electron chi connectivity index (χ2n) is 4.17. The lowest BCUT2D eigenvalue weighted by Gasteiger charge is -2.04. The Bertz CT molecular complexity index is 810. The molecule has 21 heavy (non-hydrogen) atoms. The maximum Gasteiger partial charge on any atom is 0.201 e. The van der Waals surface area contributed by atoms with Crippen LogP contribution >= 0.6 is 15.9 Å². The first-order valence-corrected chi connectivity index (χ1v) is 6.89. The molecule has 2 heterocycles. The molecule has 0 aliphatic rings. The van der Waals surface area contributed by atoms with Crippen LogP contribution in [0, 0.1) is 11.3 Å². The van der Waals surface area contributed by atoms with Gasteiger partial charge in [-0.15, -0.1) is 10.2 Å². The van der Waals surface area contributed by atoms with Crippen molar-refractivity contribution in [2.45, 2.75) is 0 Å². The molecule has 0 atom stereocenters. The van der Waals surface area contributed by atoms with Crippen LogP contribution in [-0.2, 0) is 0 Å². The number of hydrogen-bond acceptors (Lipinski definition) is 5. The maximum atomic E-state index is 9.30. The van der Waals surface area contributed by atoms with Crippen molar-refractivity contribution in [2.75, 3.05) is 0 Å². The summed E-state index contributed by atoms with van der Waals surface area (Å²) in [6, 6.07) is 15.0. The Kier molecular flexibility index (Phi) is 3.67. The van der Waals surface area contributed by atoms with Gasteiger partial charge in [-0.25, -0.2) is 4.98 Å². The van der Waals surface area contributed by atoms with Crippen LogP contribution in [0.1, 0.15) is 5.69 Å². The van der Waals surface area contributed by atoms with Crippen LogP contribution in [0.5, 0.6) is 0 Å². The van der Waals surface area contributed by atoms with Gasteiger partial charge in [0.1, 0.15) is 17.5 Å². The molecule has 0 unspecified atom stereocenters. The van der Waals surface area contributed by atoms with Gasteiger partial charge in [0.15, 0.2) is 5.69 Å². The average Bonchev–Trinajstić information content (AvgIpc) is 2.56. The fourth-order valence-electron chi connectivity index (χ4n) is 1.81. The van der Waals surface area contributed by atoms with Crippen LogP contribution in [-0.4, -0.2) is 20.2 Å².